The second-order valence-electron chi connectivity index (χ2n) is 5.45. The maximum absolute atomic E-state index is 4.37. The summed E-state index contributed by atoms with van der Waals surface area (Å²) in [6.07, 6.45) is 6.43. The fourth-order valence-electron chi connectivity index (χ4n) is 2.74. The van der Waals surface area contributed by atoms with Crippen molar-refractivity contribution < 1.29 is 0 Å². The molecule has 6 nitrogen and oxygen atoms in total. The van der Waals surface area contributed by atoms with Crippen molar-refractivity contribution in [3.63, 3.8) is 0 Å². The Morgan fingerprint density at radius 3 is 2.89 bits per heavy atom. The summed E-state index contributed by atoms with van der Waals surface area (Å²) in [6.45, 7) is 5.00. The van der Waals surface area contributed by atoms with E-state index in [2.05, 4.69) is 24.8 Å². The fraction of sp³-hybridized carbons (Fsp3) is 0.615. The lowest BCUT2D eigenvalue weighted by Crippen LogP contribution is -2.36. The molecule has 4 rings (SSSR count). The smallest absolute Gasteiger partial charge is 0.147 e. The van der Waals surface area contributed by atoms with Gasteiger partial charge in [-0.15, -0.1) is 10.2 Å². The molecule has 0 amide bonds. The summed E-state index contributed by atoms with van der Waals surface area (Å²) in [5.74, 6) is 3.05. The molecule has 1 aliphatic carbocycles. The molecule has 0 unspecified atom stereocenters. The van der Waals surface area contributed by atoms with Gasteiger partial charge < -0.3 is 4.57 Å². The molecule has 1 saturated carbocycles. The highest BCUT2D eigenvalue weighted by atomic mass is 15.4. The van der Waals surface area contributed by atoms with E-state index in [1.54, 1.807) is 0 Å². The van der Waals surface area contributed by atoms with E-state index in [0.29, 0.717) is 5.92 Å². The molecule has 0 spiro atoms. The normalized spacial score (nSPS) is 19.6. The molecular formula is C13H18N6. The maximum atomic E-state index is 4.37. The van der Waals surface area contributed by atoms with Gasteiger partial charge in [-0.2, -0.15) is 5.10 Å². The summed E-state index contributed by atoms with van der Waals surface area (Å²) < 4.78 is 4.32. The maximum Gasteiger partial charge on any atom is 0.147 e. The summed E-state index contributed by atoms with van der Waals surface area (Å²) >= 11 is 0. The zero-order valence-electron chi connectivity index (χ0n) is 10.9. The first-order valence-electron chi connectivity index (χ1n) is 7.02. The van der Waals surface area contributed by atoms with E-state index in [0.717, 1.165) is 38.5 Å². The zero-order valence-corrected chi connectivity index (χ0v) is 10.9. The molecule has 0 atom stereocenters. The van der Waals surface area contributed by atoms with E-state index in [-0.39, 0.29) is 0 Å². The average molecular weight is 258 g/mol. The van der Waals surface area contributed by atoms with Gasteiger partial charge in [0.15, 0.2) is 0 Å². The van der Waals surface area contributed by atoms with Gasteiger partial charge in [-0.05, 0) is 18.9 Å². The SMILES string of the molecule is c1cnn(CCN2CCn3c(nnc3C3CC3)C2)c1. The molecule has 6 heteroatoms. The molecule has 100 valence electrons. The van der Waals surface area contributed by atoms with Crippen LogP contribution in [-0.4, -0.2) is 42.5 Å². The van der Waals surface area contributed by atoms with Crippen molar-refractivity contribution in [3.05, 3.63) is 30.1 Å². The van der Waals surface area contributed by atoms with Crippen molar-refractivity contribution in [2.45, 2.75) is 38.4 Å². The van der Waals surface area contributed by atoms with Crippen molar-refractivity contribution >= 4 is 0 Å². The topological polar surface area (TPSA) is 51.8 Å². The van der Waals surface area contributed by atoms with E-state index in [1.165, 1.54) is 18.7 Å². The van der Waals surface area contributed by atoms with Gasteiger partial charge in [0.2, 0.25) is 0 Å². The van der Waals surface area contributed by atoms with Crippen molar-refractivity contribution in [1.29, 1.82) is 0 Å². The summed E-state index contributed by atoms with van der Waals surface area (Å²) in [6, 6.07) is 1.97. The first-order chi connectivity index (χ1) is 9.40. The van der Waals surface area contributed by atoms with E-state index < -0.39 is 0 Å². The number of hydrogen-bond acceptors (Lipinski definition) is 4. The fourth-order valence-corrected chi connectivity index (χ4v) is 2.74. The molecule has 1 aliphatic heterocycles. The number of rotatable bonds is 4. The Labute approximate surface area is 112 Å². The highest BCUT2D eigenvalue weighted by Crippen LogP contribution is 2.39. The van der Waals surface area contributed by atoms with Crippen molar-refractivity contribution in [2.24, 2.45) is 0 Å². The predicted octanol–water partition coefficient (Wildman–Crippen LogP) is 0.868. The number of hydrogen-bond donors (Lipinski definition) is 0. The molecular weight excluding hydrogens is 240 g/mol. The molecule has 0 bridgehead atoms. The van der Waals surface area contributed by atoms with Gasteiger partial charge in [0.25, 0.3) is 0 Å². The van der Waals surface area contributed by atoms with Gasteiger partial charge in [0.05, 0.1) is 13.1 Å². The monoisotopic (exact) mass is 258 g/mol. The predicted molar refractivity (Wildman–Crippen MR) is 69.5 cm³/mol. The van der Waals surface area contributed by atoms with Gasteiger partial charge in [0.1, 0.15) is 11.6 Å². The molecule has 0 aromatic carbocycles. The summed E-state index contributed by atoms with van der Waals surface area (Å²) in [5.41, 5.74) is 0. The Kier molecular flexibility index (Phi) is 2.61. The second kappa shape index (κ2) is 4.45. The Morgan fingerprint density at radius 2 is 2.11 bits per heavy atom. The summed E-state index contributed by atoms with van der Waals surface area (Å²) in [5, 5.41) is 13.0. The molecule has 3 heterocycles. The van der Waals surface area contributed by atoms with Crippen molar-refractivity contribution in [1.82, 2.24) is 29.4 Å². The highest BCUT2D eigenvalue weighted by molar-refractivity contribution is 5.09. The first-order valence-corrected chi connectivity index (χ1v) is 7.02. The van der Waals surface area contributed by atoms with Gasteiger partial charge in [-0.1, -0.05) is 0 Å². The number of fused-ring (bicyclic) bond motifs is 1. The highest BCUT2D eigenvalue weighted by Gasteiger charge is 2.31. The van der Waals surface area contributed by atoms with Crippen LogP contribution >= 0.6 is 0 Å². The van der Waals surface area contributed by atoms with E-state index in [4.69, 9.17) is 0 Å². The third-order valence-corrected chi connectivity index (χ3v) is 4.01. The quantitative estimate of drug-likeness (QED) is 0.816. The molecule has 19 heavy (non-hydrogen) atoms. The third-order valence-electron chi connectivity index (χ3n) is 4.01. The molecule has 0 radical (unpaired) electrons. The number of nitrogens with zero attached hydrogens (tertiary/aromatic N) is 6. The molecule has 2 aromatic rings. The van der Waals surface area contributed by atoms with Crippen molar-refractivity contribution in [3.8, 4) is 0 Å². The van der Waals surface area contributed by atoms with E-state index in [9.17, 15) is 0 Å². The van der Waals surface area contributed by atoms with Crippen LogP contribution in [0.4, 0.5) is 0 Å². The molecule has 2 aromatic heterocycles. The lowest BCUT2D eigenvalue weighted by atomic mass is 10.3. The van der Waals surface area contributed by atoms with E-state index >= 15 is 0 Å². The van der Waals surface area contributed by atoms with Crippen LogP contribution in [0.5, 0.6) is 0 Å². The Balaban J connectivity index is 1.41. The van der Waals surface area contributed by atoms with Crippen LogP contribution in [0.1, 0.15) is 30.4 Å². The standard InChI is InChI=1S/C13H18N6/c1-4-14-18(5-1)8-6-17-7-9-19-12(10-17)15-16-13(19)11-2-3-11/h1,4-5,11H,2-3,6-10H2. The third kappa shape index (κ3) is 2.16. The van der Waals surface area contributed by atoms with Crippen LogP contribution in [0.15, 0.2) is 18.5 Å². The Hall–Kier alpha value is -1.69. The molecule has 0 saturated heterocycles. The van der Waals surface area contributed by atoms with Crippen molar-refractivity contribution in [2.75, 3.05) is 13.1 Å². The summed E-state index contributed by atoms with van der Waals surface area (Å²) in [4.78, 5) is 2.43. The minimum Gasteiger partial charge on any atom is -0.312 e. The molecule has 0 N–H and O–H groups in total. The van der Waals surface area contributed by atoms with Gasteiger partial charge in [-0.25, -0.2) is 0 Å². The zero-order chi connectivity index (χ0) is 12.7. The summed E-state index contributed by atoms with van der Waals surface area (Å²) in [7, 11) is 0. The lowest BCUT2D eigenvalue weighted by molar-refractivity contribution is 0.205. The second-order valence-corrected chi connectivity index (χ2v) is 5.45. The molecule has 2 aliphatic rings. The van der Waals surface area contributed by atoms with Crippen LogP contribution in [-0.2, 0) is 19.6 Å². The van der Waals surface area contributed by atoms with Gasteiger partial charge in [-0.3, -0.25) is 9.58 Å². The first kappa shape index (κ1) is 11.2. The van der Waals surface area contributed by atoms with Crippen LogP contribution in [0, 0.1) is 0 Å². The average Bonchev–Trinajstić information content (AvgIpc) is 3.00. The van der Waals surface area contributed by atoms with Crippen LogP contribution in [0.2, 0.25) is 0 Å². The van der Waals surface area contributed by atoms with Crippen LogP contribution in [0.25, 0.3) is 0 Å². The van der Waals surface area contributed by atoms with Gasteiger partial charge in [0, 0.05) is 37.9 Å². The van der Waals surface area contributed by atoms with Crippen LogP contribution < -0.4 is 0 Å². The largest absolute Gasteiger partial charge is 0.312 e. The minimum atomic E-state index is 0.692. The minimum absolute atomic E-state index is 0.692. The Bertz CT molecular complexity index is 554. The van der Waals surface area contributed by atoms with Crippen LogP contribution in [0.3, 0.4) is 0 Å². The number of aromatic nitrogens is 5. The van der Waals surface area contributed by atoms with E-state index in [1.807, 2.05) is 23.1 Å². The Morgan fingerprint density at radius 1 is 1.16 bits per heavy atom. The van der Waals surface area contributed by atoms with Gasteiger partial charge >= 0.3 is 0 Å². The lowest BCUT2D eigenvalue weighted by Gasteiger charge is -2.27. The molecule has 1 fully saturated rings.